The van der Waals surface area contributed by atoms with Gasteiger partial charge in [0.2, 0.25) is 0 Å². The lowest BCUT2D eigenvalue weighted by atomic mass is 10.0. The highest BCUT2D eigenvalue weighted by Crippen LogP contribution is 2.31. The Balaban J connectivity index is 1.98. The van der Waals surface area contributed by atoms with Gasteiger partial charge in [-0.1, -0.05) is 49.4 Å². The van der Waals surface area contributed by atoms with Gasteiger partial charge < -0.3 is 4.57 Å². The number of rotatable bonds is 3. The van der Waals surface area contributed by atoms with Crippen molar-refractivity contribution in [1.29, 1.82) is 0 Å². The molecule has 4 aromatic rings. The first-order valence-corrected chi connectivity index (χ1v) is 8.69. The predicted molar refractivity (Wildman–Crippen MR) is 104 cm³/mol. The number of aryl methyl sites for hydroxylation is 1. The first-order chi connectivity index (χ1) is 12.2. The quantitative estimate of drug-likeness (QED) is 0.536. The zero-order valence-electron chi connectivity index (χ0n) is 14.2. The standard InChI is InChI=1S/C20H18N4S/c1-3-13-8-10-14(11-9-13)18-12-16(19-22-23-20(25)24(19)2)15-6-4-5-7-17(15)21-18/h4-12H,3H2,1-2H3,(H,23,25). The number of hydrogen-bond donors (Lipinski definition) is 1. The molecular weight excluding hydrogens is 328 g/mol. The van der Waals surface area contributed by atoms with Crippen molar-refractivity contribution in [2.75, 3.05) is 0 Å². The van der Waals surface area contributed by atoms with Gasteiger partial charge in [-0.3, -0.25) is 5.10 Å². The van der Waals surface area contributed by atoms with E-state index in [-0.39, 0.29) is 0 Å². The molecule has 4 nitrogen and oxygen atoms in total. The van der Waals surface area contributed by atoms with Gasteiger partial charge in [0.25, 0.3) is 0 Å². The summed E-state index contributed by atoms with van der Waals surface area (Å²) >= 11 is 5.28. The van der Waals surface area contributed by atoms with E-state index in [0.717, 1.165) is 40.0 Å². The van der Waals surface area contributed by atoms with Crippen molar-refractivity contribution in [2.24, 2.45) is 7.05 Å². The van der Waals surface area contributed by atoms with Gasteiger partial charge in [-0.2, -0.15) is 5.10 Å². The number of para-hydroxylation sites is 1. The molecule has 0 aliphatic rings. The largest absolute Gasteiger partial charge is 0.303 e. The second kappa shape index (κ2) is 6.26. The fourth-order valence-electron chi connectivity index (χ4n) is 3.01. The van der Waals surface area contributed by atoms with E-state index in [9.17, 15) is 0 Å². The third-order valence-corrected chi connectivity index (χ3v) is 4.86. The van der Waals surface area contributed by atoms with Crippen molar-refractivity contribution in [1.82, 2.24) is 19.7 Å². The summed E-state index contributed by atoms with van der Waals surface area (Å²) in [6, 6.07) is 18.8. The minimum atomic E-state index is 0.602. The number of fused-ring (bicyclic) bond motifs is 1. The topological polar surface area (TPSA) is 46.5 Å². The molecule has 1 N–H and O–H groups in total. The normalized spacial score (nSPS) is 11.1. The SMILES string of the molecule is CCc1ccc(-c2cc(-c3n[nH]c(=S)n3C)c3ccccc3n2)cc1. The number of hydrogen-bond acceptors (Lipinski definition) is 3. The molecule has 0 spiro atoms. The van der Waals surface area contributed by atoms with Crippen LogP contribution in [0.25, 0.3) is 33.5 Å². The summed E-state index contributed by atoms with van der Waals surface area (Å²) in [5.74, 6) is 0.815. The molecule has 2 aromatic carbocycles. The third-order valence-electron chi connectivity index (χ3n) is 4.49. The van der Waals surface area contributed by atoms with E-state index in [2.05, 4.69) is 53.5 Å². The number of nitrogens with zero attached hydrogens (tertiary/aromatic N) is 3. The molecule has 0 fully saturated rings. The van der Waals surface area contributed by atoms with Gasteiger partial charge >= 0.3 is 0 Å². The van der Waals surface area contributed by atoms with E-state index < -0.39 is 0 Å². The van der Waals surface area contributed by atoms with Gasteiger partial charge in [-0.15, -0.1) is 0 Å². The summed E-state index contributed by atoms with van der Waals surface area (Å²) in [6.45, 7) is 2.16. The third kappa shape index (κ3) is 2.76. The van der Waals surface area contributed by atoms with Gasteiger partial charge in [0, 0.05) is 23.6 Å². The van der Waals surface area contributed by atoms with Crippen molar-refractivity contribution in [3.8, 4) is 22.6 Å². The minimum Gasteiger partial charge on any atom is -0.303 e. The number of H-pyrrole nitrogens is 1. The summed E-state index contributed by atoms with van der Waals surface area (Å²) in [7, 11) is 1.92. The van der Waals surface area contributed by atoms with E-state index in [1.165, 1.54) is 5.56 Å². The van der Waals surface area contributed by atoms with Crippen LogP contribution in [0, 0.1) is 4.77 Å². The molecular formula is C20H18N4S. The molecule has 0 saturated heterocycles. The fraction of sp³-hybridized carbons (Fsp3) is 0.150. The maximum absolute atomic E-state index is 5.28. The molecule has 0 bridgehead atoms. The summed E-state index contributed by atoms with van der Waals surface area (Å²) < 4.78 is 2.49. The van der Waals surface area contributed by atoms with Gasteiger partial charge in [0.05, 0.1) is 11.2 Å². The van der Waals surface area contributed by atoms with E-state index in [1.807, 2.05) is 29.8 Å². The van der Waals surface area contributed by atoms with Crippen molar-refractivity contribution in [3.05, 3.63) is 64.9 Å². The Labute approximate surface area is 151 Å². The van der Waals surface area contributed by atoms with E-state index in [4.69, 9.17) is 17.2 Å². The lowest BCUT2D eigenvalue weighted by Crippen LogP contribution is -1.96. The Morgan fingerprint density at radius 3 is 2.52 bits per heavy atom. The highest BCUT2D eigenvalue weighted by molar-refractivity contribution is 7.71. The van der Waals surface area contributed by atoms with Gasteiger partial charge in [-0.25, -0.2) is 4.98 Å². The molecule has 0 atom stereocenters. The van der Waals surface area contributed by atoms with Crippen LogP contribution in [-0.4, -0.2) is 19.7 Å². The van der Waals surface area contributed by atoms with Gasteiger partial charge in [-0.05, 0) is 36.3 Å². The van der Waals surface area contributed by atoms with Crippen LogP contribution in [0.5, 0.6) is 0 Å². The monoisotopic (exact) mass is 346 g/mol. The first-order valence-electron chi connectivity index (χ1n) is 8.28. The van der Waals surface area contributed by atoms with Crippen LogP contribution in [0.3, 0.4) is 0 Å². The van der Waals surface area contributed by atoms with Gasteiger partial charge in [0.15, 0.2) is 10.6 Å². The molecule has 0 unspecified atom stereocenters. The molecule has 0 amide bonds. The van der Waals surface area contributed by atoms with Crippen LogP contribution in [-0.2, 0) is 13.5 Å². The summed E-state index contributed by atoms with van der Waals surface area (Å²) in [5.41, 5.74) is 5.32. The second-order valence-electron chi connectivity index (χ2n) is 6.03. The fourth-order valence-corrected chi connectivity index (χ4v) is 3.14. The molecule has 124 valence electrons. The maximum atomic E-state index is 5.28. The molecule has 4 rings (SSSR count). The Bertz CT molecular complexity index is 1110. The Hall–Kier alpha value is -2.79. The zero-order chi connectivity index (χ0) is 17.4. The van der Waals surface area contributed by atoms with Crippen LogP contribution >= 0.6 is 12.2 Å². The summed E-state index contributed by atoms with van der Waals surface area (Å²) in [4.78, 5) is 4.85. The van der Waals surface area contributed by atoms with E-state index >= 15 is 0 Å². The van der Waals surface area contributed by atoms with Crippen molar-refractivity contribution >= 4 is 23.1 Å². The van der Waals surface area contributed by atoms with Crippen molar-refractivity contribution in [3.63, 3.8) is 0 Å². The van der Waals surface area contributed by atoms with Gasteiger partial charge in [0.1, 0.15) is 0 Å². The number of pyridine rings is 1. The van der Waals surface area contributed by atoms with Crippen LogP contribution in [0.1, 0.15) is 12.5 Å². The van der Waals surface area contributed by atoms with Crippen molar-refractivity contribution in [2.45, 2.75) is 13.3 Å². The minimum absolute atomic E-state index is 0.602. The molecule has 0 aliphatic carbocycles. The van der Waals surface area contributed by atoms with Crippen LogP contribution < -0.4 is 0 Å². The first kappa shape index (κ1) is 15.7. The molecule has 2 heterocycles. The predicted octanol–water partition coefficient (Wildman–Crippen LogP) is 4.92. The molecule has 2 aromatic heterocycles. The average Bonchev–Trinajstić information content (AvgIpc) is 2.99. The molecule has 0 aliphatic heterocycles. The maximum Gasteiger partial charge on any atom is 0.195 e. The lowest BCUT2D eigenvalue weighted by Gasteiger charge is -2.10. The van der Waals surface area contributed by atoms with Crippen LogP contribution in [0.4, 0.5) is 0 Å². The summed E-state index contributed by atoms with van der Waals surface area (Å²) in [5, 5.41) is 8.35. The highest BCUT2D eigenvalue weighted by Gasteiger charge is 2.13. The Kier molecular flexibility index (Phi) is 3.93. The summed E-state index contributed by atoms with van der Waals surface area (Å²) in [6.07, 6.45) is 1.03. The van der Waals surface area contributed by atoms with Crippen LogP contribution in [0.15, 0.2) is 54.6 Å². The number of aromatic nitrogens is 4. The molecule has 25 heavy (non-hydrogen) atoms. The Morgan fingerprint density at radius 2 is 1.84 bits per heavy atom. The average molecular weight is 346 g/mol. The molecule has 0 radical (unpaired) electrons. The Morgan fingerprint density at radius 1 is 1.08 bits per heavy atom. The zero-order valence-corrected chi connectivity index (χ0v) is 15.0. The second-order valence-corrected chi connectivity index (χ2v) is 6.42. The smallest absolute Gasteiger partial charge is 0.195 e. The van der Waals surface area contributed by atoms with E-state index in [1.54, 1.807) is 0 Å². The molecule has 0 saturated carbocycles. The van der Waals surface area contributed by atoms with Crippen molar-refractivity contribution < 1.29 is 0 Å². The number of benzene rings is 2. The lowest BCUT2D eigenvalue weighted by molar-refractivity contribution is 0.902. The molecule has 5 heteroatoms. The van der Waals surface area contributed by atoms with E-state index in [0.29, 0.717) is 4.77 Å². The number of nitrogens with one attached hydrogen (secondary N) is 1. The number of aromatic amines is 1. The highest BCUT2D eigenvalue weighted by atomic mass is 32.1. The van der Waals surface area contributed by atoms with Crippen LogP contribution in [0.2, 0.25) is 0 Å².